The zero-order valence-electron chi connectivity index (χ0n) is 12.4. The summed E-state index contributed by atoms with van der Waals surface area (Å²) in [7, 11) is 0. The molecule has 5 rings (SSSR count). The summed E-state index contributed by atoms with van der Waals surface area (Å²) >= 11 is 3.70. The lowest BCUT2D eigenvalue weighted by Crippen LogP contribution is -1.84. The molecule has 0 atom stereocenters. The summed E-state index contributed by atoms with van der Waals surface area (Å²) in [5, 5.41) is 10.5. The van der Waals surface area contributed by atoms with Crippen LogP contribution >= 0.6 is 15.9 Å². The Labute approximate surface area is 142 Å². The van der Waals surface area contributed by atoms with Crippen LogP contribution in [0, 0.1) is 0 Å². The van der Waals surface area contributed by atoms with Crippen molar-refractivity contribution in [1.29, 1.82) is 0 Å². The second-order valence-corrected chi connectivity index (χ2v) is 6.80. The molecule has 0 amide bonds. The molecule has 5 aromatic carbocycles. The normalized spacial score (nSPS) is 11.7. The van der Waals surface area contributed by atoms with Crippen LogP contribution in [0.2, 0.25) is 0 Å². The fourth-order valence-electron chi connectivity index (χ4n) is 3.64. The molecule has 0 aliphatic heterocycles. The fourth-order valence-corrected chi connectivity index (χ4v) is 4.14. The van der Waals surface area contributed by atoms with Gasteiger partial charge >= 0.3 is 0 Å². The quantitative estimate of drug-likeness (QED) is 0.260. The average Bonchev–Trinajstić information content (AvgIpc) is 2.61. The Morgan fingerprint density at radius 3 is 1.87 bits per heavy atom. The second-order valence-electron chi connectivity index (χ2n) is 5.95. The first kappa shape index (κ1) is 13.1. The third kappa shape index (κ3) is 1.83. The second kappa shape index (κ2) is 4.81. The molecule has 108 valence electrons. The maximum Gasteiger partial charge on any atom is 0.0253 e. The van der Waals surface area contributed by atoms with E-state index < -0.39 is 0 Å². The van der Waals surface area contributed by atoms with E-state index in [2.05, 4.69) is 94.8 Å². The molecule has 0 bridgehead atoms. The van der Waals surface area contributed by atoms with Crippen molar-refractivity contribution in [2.24, 2.45) is 0 Å². The molecule has 0 heterocycles. The molecular weight excluding hydrogens is 344 g/mol. The van der Waals surface area contributed by atoms with Gasteiger partial charge in [-0.25, -0.2) is 0 Å². The molecule has 1 heteroatoms. The number of halogens is 1. The first-order valence-electron chi connectivity index (χ1n) is 7.74. The third-order valence-corrected chi connectivity index (χ3v) is 5.39. The van der Waals surface area contributed by atoms with Crippen molar-refractivity contribution >= 4 is 59.0 Å². The Bertz CT molecular complexity index is 1210. The van der Waals surface area contributed by atoms with Crippen LogP contribution in [0.5, 0.6) is 0 Å². The van der Waals surface area contributed by atoms with Crippen LogP contribution < -0.4 is 0 Å². The highest BCUT2D eigenvalue weighted by Gasteiger charge is 2.09. The van der Waals surface area contributed by atoms with Gasteiger partial charge in [0.2, 0.25) is 0 Å². The number of benzene rings is 5. The molecular formula is C22H13Br. The van der Waals surface area contributed by atoms with Gasteiger partial charge in [-0.15, -0.1) is 0 Å². The molecule has 0 saturated carbocycles. The molecule has 0 fully saturated rings. The van der Waals surface area contributed by atoms with E-state index in [1.807, 2.05) is 0 Å². The molecule has 0 aliphatic rings. The zero-order chi connectivity index (χ0) is 15.4. The van der Waals surface area contributed by atoms with Crippen molar-refractivity contribution in [2.45, 2.75) is 0 Å². The first-order valence-corrected chi connectivity index (χ1v) is 8.54. The SMILES string of the molecule is Brc1cccc2c1ccc1ccc3ccc4ccccc4c3c12. The summed E-state index contributed by atoms with van der Waals surface area (Å²) in [4.78, 5) is 0. The molecule has 0 saturated heterocycles. The highest BCUT2D eigenvalue weighted by atomic mass is 79.9. The number of hydrogen-bond acceptors (Lipinski definition) is 0. The van der Waals surface area contributed by atoms with Gasteiger partial charge < -0.3 is 0 Å². The minimum absolute atomic E-state index is 1.15. The fraction of sp³-hybridized carbons (Fsp3) is 0. The van der Waals surface area contributed by atoms with E-state index >= 15 is 0 Å². The lowest BCUT2D eigenvalue weighted by molar-refractivity contribution is 1.74. The summed E-state index contributed by atoms with van der Waals surface area (Å²) < 4.78 is 1.15. The Morgan fingerprint density at radius 1 is 0.435 bits per heavy atom. The van der Waals surface area contributed by atoms with E-state index in [4.69, 9.17) is 0 Å². The van der Waals surface area contributed by atoms with Crippen LogP contribution in [-0.4, -0.2) is 0 Å². The van der Waals surface area contributed by atoms with Crippen LogP contribution in [0.1, 0.15) is 0 Å². The molecule has 23 heavy (non-hydrogen) atoms. The van der Waals surface area contributed by atoms with Crippen LogP contribution in [0.4, 0.5) is 0 Å². The number of rotatable bonds is 0. The van der Waals surface area contributed by atoms with E-state index in [1.165, 1.54) is 43.1 Å². The van der Waals surface area contributed by atoms with Crippen LogP contribution in [0.15, 0.2) is 83.3 Å². The molecule has 0 aromatic heterocycles. The molecule has 0 nitrogen and oxygen atoms in total. The number of fused-ring (bicyclic) bond motifs is 7. The highest BCUT2D eigenvalue weighted by molar-refractivity contribution is 9.10. The largest absolute Gasteiger partial charge is 0.0616 e. The van der Waals surface area contributed by atoms with Gasteiger partial charge in [-0.1, -0.05) is 88.7 Å². The van der Waals surface area contributed by atoms with Crippen LogP contribution in [0.25, 0.3) is 43.1 Å². The van der Waals surface area contributed by atoms with Crippen molar-refractivity contribution in [3.05, 3.63) is 83.3 Å². The molecule has 0 spiro atoms. The van der Waals surface area contributed by atoms with Crippen molar-refractivity contribution < 1.29 is 0 Å². The molecule has 0 unspecified atom stereocenters. The highest BCUT2D eigenvalue weighted by Crippen LogP contribution is 2.37. The van der Waals surface area contributed by atoms with Crippen LogP contribution in [-0.2, 0) is 0 Å². The Balaban J connectivity index is 2.18. The maximum absolute atomic E-state index is 3.70. The van der Waals surface area contributed by atoms with Crippen molar-refractivity contribution in [3.63, 3.8) is 0 Å². The average molecular weight is 357 g/mol. The van der Waals surface area contributed by atoms with Gasteiger partial charge in [-0.2, -0.15) is 0 Å². The van der Waals surface area contributed by atoms with E-state index in [9.17, 15) is 0 Å². The molecule has 0 aliphatic carbocycles. The minimum atomic E-state index is 1.15. The van der Waals surface area contributed by atoms with E-state index in [1.54, 1.807) is 0 Å². The van der Waals surface area contributed by atoms with Crippen molar-refractivity contribution in [3.8, 4) is 0 Å². The van der Waals surface area contributed by atoms with Crippen molar-refractivity contribution in [2.75, 3.05) is 0 Å². The van der Waals surface area contributed by atoms with Gasteiger partial charge in [0.15, 0.2) is 0 Å². The van der Waals surface area contributed by atoms with Crippen molar-refractivity contribution in [1.82, 2.24) is 0 Å². The predicted molar refractivity (Wildman–Crippen MR) is 104 cm³/mol. The Morgan fingerprint density at radius 2 is 1.04 bits per heavy atom. The van der Waals surface area contributed by atoms with Gasteiger partial charge in [0.1, 0.15) is 0 Å². The topological polar surface area (TPSA) is 0 Å². The van der Waals surface area contributed by atoms with E-state index in [-0.39, 0.29) is 0 Å². The van der Waals surface area contributed by atoms with Gasteiger partial charge in [0.25, 0.3) is 0 Å². The van der Waals surface area contributed by atoms with E-state index in [0.717, 1.165) is 4.47 Å². The summed E-state index contributed by atoms with van der Waals surface area (Å²) in [5.41, 5.74) is 0. The Hall–Kier alpha value is -2.38. The van der Waals surface area contributed by atoms with Gasteiger partial charge in [0, 0.05) is 4.47 Å². The monoisotopic (exact) mass is 356 g/mol. The van der Waals surface area contributed by atoms with E-state index in [0.29, 0.717) is 0 Å². The summed E-state index contributed by atoms with van der Waals surface area (Å²) in [6.45, 7) is 0. The van der Waals surface area contributed by atoms with Gasteiger partial charge in [0.05, 0.1) is 0 Å². The third-order valence-electron chi connectivity index (χ3n) is 4.69. The summed E-state index contributed by atoms with van der Waals surface area (Å²) in [6.07, 6.45) is 0. The Kier molecular flexibility index (Phi) is 2.74. The molecule has 5 aromatic rings. The van der Waals surface area contributed by atoms with Gasteiger partial charge in [-0.05, 0) is 49.2 Å². The first-order chi connectivity index (χ1) is 11.3. The summed E-state index contributed by atoms with van der Waals surface area (Å²) in [6, 6.07) is 28.4. The zero-order valence-corrected chi connectivity index (χ0v) is 14.0. The van der Waals surface area contributed by atoms with Gasteiger partial charge in [-0.3, -0.25) is 0 Å². The maximum atomic E-state index is 3.70. The molecule has 0 radical (unpaired) electrons. The van der Waals surface area contributed by atoms with Crippen LogP contribution in [0.3, 0.4) is 0 Å². The summed E-state index contributed by atoms with van der Waals surface area (Å²) in [5.74, 6) is 0. The minimum Gasteiger partial charge on any atom is -0.0616 e. The smallest absolute Gasteiger partial charge is 0.0253 e. The standard InChI is InChI=1S/C22H13Br/c23-20-7-3-6-19-18(20)13-12-16-11-10-15-9-8-14-4-1-2-5-17(14)21(15)22(16)19/h1-13H. The number of hydrogen-bond donors (Lipinski definition) is 0. The lowest BCUT2D eigenvalue weighted by Gasteiger charge is -2.11. The molecule has 0 N–H and O–H groups in total. The predicted octanol–water partition coefficient (Wildman–Crippen LogP) is 7.06. The lowest BCUT2D eigenvalue weighted by atomic mass is 9.93.